The molecule has 124 valence electrons. The van der Waals surface area contributed by atoms with Crippen molar-refractivity contribution in [3.8, 4) is 5.75 Å². The zero-order valence-corrected chi connectivity index (χ0v) is 12.7. The number of sulfonamides is 1. The lowest BCUT2D eigenvalue weighted by Gasteiger charge is -2.28. The van der Waals surface area contributed by atoms with Gasteiger partial charge < -0.3 is 20.1 Å². The highest BCUT2D eigenvalue weighted by Gasteiger charge is 2.37. The van der Waals surface area contributed by atoms with E-state index in [0.717, 1.165) is 0 Å². The molecule has 0 bridgehead atoms. The van der Waals surface area contributed by atoms with Gasteiger partial charge in [-0.1, -0.05) is 12.1 Å². The molecule has 1 aromatic rings. The minimum Gasteiger partial charge on any atom is -0.534 e. The van der Waals surface area contributed by atoms with Gasteiger partial charge in [0.25, 0.3) is 0 Å². The Morgan fingerprint density at radius 1 is 1.43 bits per heavy atom. The predicted octanol–water partition coefficient (Wildman–Crippen LogP) is -1.50. The molecule has 1 amide bonds. The van der Waals surface area contributed by atoms with E-state index in [1.807, 2.05) is 0 Å². The zero-order chi connectivity index (χ0) is 17.2. The van der Waals surface area contributed by atoms with Crippen molar-refractivity contribution in [1.82, 2.24) is 5.32 Å². The van der Waals surface area contributed by atoms with Crippen molar-refractivity contribution in [2.45, 2.75) is 18.8 Å². The van der Waals surface area contributed by atoms with E-state index in [0.29, 0.717) is 5.56 Å². The van der Waals surface area contributed by atoms with Crippen LogP contribution in [0.1, 0.15) is 22.3 Å². The van der Waals surface area contributed by atoms with Gasteiger partial charge in [0.1, 0.15) is 5.75 Å². The number of primary sulfonamides is 1. The fourth-order valence-corrected chi connectivity index (χ4v) is 2.70. The van der Waals surface area contributed by atoms with E-state index in [1.165, 1.54) is 12.1 Å². The molecule has 1 aliphatic rings. The normalized spacial score (nSPS) is 17.1. The van der Waals surface area contributed by atoms with E-state index in [1.54, 1.807) is 6.07 Å². The Morgan fingerprint density at radius 3 is 2.74 bits per heavy atom. The van der Waals surface area contributed by atoms with Crippen LogP contribution in [0.15, 0.2) is 18.2 Å². The van der Waals surface area contributed by atoms with Crippen LogP contribution >= 0.6 is 0 Å². The second-order valence-electron chi connectivity index (χ2n) is 5.10. The number of para-hydroxylation sites is 1. The van der Waals surface area contributed by atoms with Crippen LogP contribution in [0.4, 0.5) is 0 Å². The number of aromatic carboxylic acids is 1. The molecule has 0 unspecified atom stereocenters. The van der Waals surface area contributed by atoms with Crippen LogP contribution < -0.4 is 15.1 Å². The van der Waals surface area contributed by atoms with Gasteiger partial charge in [0.05, 0.1) is 17.3 Å². The van der Waals surface area contributed by atoms with Crippen molar-refractivity contribution in [1.29, 1.82) is 0 Å². The first-order chi connectivity index (χ1) is 10.7. The van der Waals surface area contributed by atoms with Gasteiger partial charge in [-0.15, -0.1) is 0 Å². The van der Waals surface area contributed by atoms with E-state index in [2.05, 4.69) is 5.32 Å². The lowest BCUT2D eigenvalue weighted by atomic mass is 9.72. The average Bonchev–Trinajstić information content (AvgIpc) is 2.44. The Balaban J connectivity index is 2.08. The molecule has 11 heteroatoms. The molecule has 0 saturated carbocycles. The van der Waals surface area contributed by atoms with Gasteiger partial charge in [-0.2, -0.15) is 0 Å². The number of fused-ring (bicyclic) bond motifs is 1. The molecule has 0 fully saturated rings. The van der Waals surface area contributed by atoms with Gasteiger partial charge in [0.2, 0.25) is 15.9 Å². The Bertz CT molecular complexity index is 737. The number of carboxylic acid groups (broad SMARTS) is 1. The fraction of sp³-hybridized carbons (Fsp3) is 0.333. The molecule has 0 spiro atoms. The molecular weight excluding hydrogens is 327 g/mol. The summed E-state index contributed by atoms with van der Waals surface area (Å²) in [6.45, 7) is 0. The highest BCUT2D eigenvalue weighted by Crippen LogP contribution is 2.30. The molecule has 5 N–H and O–H groups in total. The number of hydrogen-bond donors (Lipinski definition) is 4. The number of carbonyl (C=O) groups excluding carboxylic acids is 1. The average molecular weight is 342 g/mol. The van der Waals surface area contributed by atoms with Gasteiger partial charge in [-0.3, -0.25) is 4.79 Å². The summed E-state index contributed by atoms with van der Waals surface area (Å²) >= 11 is 0. The Hall–Kier alpha value is -2.11. The van der Waals surface area contributed by atoms with E-state index in [-0.39, 0.29) is 24.2 Å². The van der Waals surface area contributed by atoms with Gasteiger partial charge in [0, 0.05) is 6.42 Å². The van der Waals surface area contributed by atoms with Crippen LogP contribution in [0.5, 0.6) is 5.75 Å². The summed E-state index contributed by atoms with van der Waals surface area (Å²) < 4.78 is 26.9. The molecule has 2 rings (SSSR count). The van der Waals surface area contributed by atoms with Crippen LogP contribution in [-0.4, -0.2) is 49.2 Å². The number of carbonyl (C=O) groups is 2. The molecule has 0 radical (unpaired) electrons. The lowest BCUT2D eigenvalue weighted by Crippen LogP contribution is -2.53. The number of nitrogens with one attached hydrogen (secondary N) is 1. The first kappa shape index (κ1) is 17.3. The molecule has 1 atom stereocenters. The second kappa shape index (κ2) is 6.56. The number of nitrogens with two attached hydrogens (primary N) is 1. The second-order valence-corrected chi connectivity index (χ2v) is 6.84. The third-order valence-corrected chi connectivity index (χ3v) is 4.08. The van der Waals surface area contributed by atoms with Crippen molar-refractivity contribution < 1.29 is 32.8 Å². The first-order valence-electron chi connectivity index (χ1n) is 6.67. The first-order valence-corrected chi connectivity index (χ1v) is 8.38. The zero-order valence-electron chi connectivity index (χ0n) is 11.9. The summed E-state index contributed by atoms with van der Waals surface area (Å²) in [5.41, 5.74) is 0.437. The number of rotatable bonds is 5. The summed E-state index contributed by atoms with van der Waals surface area (Å²) in [6.07, 6.45) is -0.192. The summed E-state index contributed by atoms with van der Waals surface area (Å²) in [6, 6.07) is 4.50. The van der Waals surface area contributed by atoms with Crippen molar-refractivity contribution in [3.05, 3.63) is 29.3 Å². The van der Waals surface area contributed by atoms with Crippen molar-refractivity contribution in [2.75, 3.05) is 5.75 Å². The molecule has 23 heavy (non-hydrogen) atoms. The lowest BCUT2D eigenvalue weighted by molar-refractivity contribution is -0.121. The van der Waals surface area contributed by atoms with Crippen LogP contribution in [0.3, 0.4) is 0 Å². The number of carboxylic acids is 1. The van der Waals surface area contributed by atoms with Crippen LogP contribution in [0.2, 0.25) is 0 Å². The number of hydrogen-bond acceptors (Lipinski definition) is 6. The van der Waals surface area contributed by atoms with Crippen LogP contribution in [0.25, 0.3) is 0 Å². The Labute approximate surface area is 132 Å². The third-order valence-electron chi connectivity index (χ3n) is 3.31. The van der Waals surface area contributed by atoms with Gasteiger partial charge >= 0.3 is 13.1 Å². The van der Waals surface area contributed by atoms with Crippen LogP contribution in [0, 0.1) is 0 Å². The highest BCUT2D eigenvalue weighted by atomic mass is 32.2. The number of benzene rings is 1. The van der Waals surface area contributed by atoms with Gasteiger partial charge in [0.15, 0.2) is 0 Å². The highest BCUT2D eigenvalue weighted by molar-refractivity contribution is 7.89. The van der Waals surface area contributed by atoms with Crippen molar-refractivity contribution >= 4 is 29.0 Å². The van der Waals surface area contributed by atoms with Gasteiger partial charge in [-0.25, -0.2) is 18.4 Å². The maximum atomic E-state index is 11.7. The maximum Gasteiger partial charge on any atom is 0.547 e. The number of amides is 1. The smallest absolute Gasteiger partial charge is 0.534 e. The summed E-state index contributed by atoms with van der Waals surface area (Å²) in [5.74, 6) is -3.07. The van der Waals surface area contributed by atoms with Crippen LogP contribution in [-0.2, 0) is 21.2 Å². The molecule has 0 aliphatic carbocycles. The quantitative estimate of drug-likeness (QED) is 0.475. The molecule has 1 heterocycles. The molecule has 9 nitrogen and oxygen atoms in total. The Kier molecular flexibility index (Phi) is 4.92. The fourth-order valence-electron chi connectivity index (χ4n) is 2.23. The molecule has 0 aromatic heterocycles. The minimum atomic E-state index is -3.76. The van der Waals surface area contributed by atoms with Gasteiger partial charge in [-0.05, 0) is 18.1 Å². The minimum absolute atomic E-state index is 0.0579. The summed E-state index contributed by atoms with van der Waals surface area (Å²) in [7, 11) is -5.20. The molecule has 1 aromatic carbocycles. The Morgan fingerprint density at radius 2 is 2.13 bits per heavy atom. The summed E-state index contributed by atoms with van der Waals surface area (Å²) in [5, 5.41) is 26.3. The largest absolute Gasteiger partial charge is 0.547 e. The monoisotopic (exact) mass is 342 g/mol. The van der Waals surface area contributed by atoms with Crippen molar-refractivity contribution in [3.63, 3.8) is 0 Å². The van der Waals surface area contributed by atoms with E-state index in [9.17, 15) is 23.0 Å². The van der Waals surface area contributed by atoms with E-state index < -0.39 is 40.7 Å². The standard InChI is InChI=1S/C12H15BN2O7S/c14-23(20,21)5-4-10(16)15-9-6-7-2-1-3-8(12(17)18)11(7)22-13(9)19/h1-3,9,19H,4-6H2,(H,15,16)(H,17,18)(H2,14,20,21)/t9-/m0/s1. The van der Waals surface area contributed by atoms with E-state index in [4.69, 9.17) is 14.9 Å². The predicted molar refractivity (Wildman–Crippen MR) is 80.2 cm³/mol. The molecule has 0 saturated heterocycles. The summed E-state index contributed by atoms with van der Waals surface area (Å²) in [4.78, 5) is 22.8. The topological polar surface area (TPSA) is 156 Å². The third kappa shape index (κ3) is 4.44. The molecular formula is C12H15BN2O7S. The molecule has 1 aliphatic heterocycles. The maximum absolute atomic E-state index is 11.7. The SMILES string of the molecule is NS(=O)(=O)CCC(=O)N[C@H]1Cc2cccc(C(=O)O)c2OB1O. The van der Waals surface area contributed by atoms with E-state index >= 15 is 0 Å². The van der Waals surface area contributed by atoms with Crippen molar-refractivity contribution in [2.24, 2.45) is 5.14 Å².